The number of ether oxygens (including phenoxy) is 1. The molecule has 0 fully saturated rings. The van der Waals surface area contributed by atoms with E-state index in [-0.39, 0.29) is 23.8 Å². The third kappa shape index (κ3) is 5.18. The van der Waals surface area contributed by atoms with Gasteiger partial charge in [-0.1, -0.05) is 42.5 Å². The van der Waals surface area contributed by atoms with E-state index in [1.807, 2.05) is 56.3 Å². The number of nitrogens with one attached hydrogen (secondary N) is 1. The number of carbonyl (C=O) groups is 1. The van der Waals surface area contributed by atoms with Gasteiger partial charge >= 0.3 is 6.01 Å². The Morgan fingerprint density at radius 2 is 1.78 bits per heavy atom. The van der Waals surface area contributed by atoms with Crippen molar-refractivity contribution in [2.24, 2.45) is 0 Å². The smallest absolute Gasteiger partial charge is 0.336 e. The molecule has 162 valence electrons. The highest BCUT2D eigenvalue weighted by Crippen LogP contribution is 2.25. The lowest BCUT2D eigenvalue weighted by Crippen LogP contribution is -2.14. The van der Waals surface area contributed by atoms with Gasteiger partial charge in [0.05, 0.1) is 18.2 Å². The predicted molar refractivity (Wildman–Crippen MR) is 121 cm³/mol. The van der Waals surface area contributed by atoms with E-state index in [1.165, 1.54) is 12.1 Å². The number of carbonyl (C=O) groups excluding carboxylic acids is 1. The number of nitrogens with zero attached hydrogens (tertiary/aromatic N) is 3. The van der Waals surface area contributed by atoms with Crippen LogP contribution >= 0.6 is 0 Å². The summed E-state index contributed by atoms with van der Waals surface area (Å²) >= 11 is 0. The van der Waals surface area contributed by atoms with Gasteiger partial charge < -0.3 is 10.1 Å². The van der Waals surface area contributed by atoms with Crippen LogP contribution in [-0.2, 0) is 11.2 Å². The zero-order chi connectivity index (χ0) is 22.5. The number of rotatable bonds is 7. The van der Waals surface area contributed by atoms with Gasteiger partial charge in [-0.3, -0.25) is 4.79 Å². The quantitative estimate of drug-likeness (QED) is 0.446. The highest BCUT2D eigenvalue weighted by atomic mass is 19.1. The van der Waals surface area contributed by atoms with E-state index < -0.39 is 0 Å². The summed E-state index contributed by atoms with van der Waals surface area (Å²) in [7, 11) is 0. The fourth-order valence-corrected chi connectivity index (χ4v) is 3.22. The normalized spacial score (nSPS) is 10.9. The molecule has 1 aromatic heterocycles. The van der Waals surface area contributed by atoms with Crippen LogP contribution in [0.4, 0.5) is 10.1 Å². The van der Waals surface area contributed by atoms with Crippen LogP contribution in [0.15, 0.2) is 78.9 Å². The van der Waals surface area contributed by atoms with Gasteiger partial charge in [0.25, 0.3) is 0 Å². The minimum Gasteiger partial charge on any atom is -0.460 e. The fraction of sp³-hybridized carbons (Fsp3) is 0.160. The topological polar surface area (TPSA) is 69.0 Å². The molecule has 0 aliphatic carbocycles. The number of benzene rings is 3. The number of halogens is 1. The molecular weight excluding hydrogens is 407 g/mol. The van der Waals surface area contributed by atoms with Gasteiger partial charge in [0.1, 0.15) is 5.82 Å². The lowest BCUT2D eigenvalue weighted by atomic mass is 10.1. The van der Waals surface area contributed by atoms with Crippen LogP contribution in [0.2, 0.25) is 0 Å². The van der Waals surface area contributed by atoms with E-state index in [0.717, 1.165) is 5.56 Å². The summed E-state index contributed by atoms with van der Waals surface area (Å²) in [5, 5.41) is 7.34. The minimum atomic E-state index is -0.361. The molecule has 0 aliphatic rings. The van der Waals surface area contributed by atoms with Crippen molar-refractivity contribution in [2.75, 3.05) is 5.32 Å². The molecule has 7 heteroatoms. The SMILES string of the molecule is CC(C)Oc1nc(-c2cccc(F)c2)n(-c2ccc(NC(=O)Cc3ccccc3)cc2)n1. The molecule has 32 heavy (non-hydrogen) atoms. The Hall–Kier alpha value is -4.00. The molecule has 0 saturated carbocycles. The molecule has 1 N–H and O–H groups in total. The zero-order valence-corrected chi connectivity index (χ0v) is 17.8. The van der Waals surface area contributed by atoms with Crippen LogP contribution in [0.5, 0.6) is 6.01 Å². The van der Waals surface area contributed by atoms with E-state index in [0.29, 0.717) is 29.2 Å². The van der Waals surface area contributed by atoms with Crippen LogP contribution in [0.1, 0.15) is 19.4 Å². The lowest BCUT2D eigenvalue weighted by molar-refractivity contribution is -0.115. The molecule has 0 aliphatic heterocycles. The Balaban J connectivity index is 1.57. The second-order valence-corrected chi connectivity index (χ2v) is 7.56. The summed E-state index contributed by atoms with van der Waals surface area (Å²) in [5.41, 5.74) is 2.90. The molecule has 4 aromatic rings. The van der Waals surface area contributed by atoms with Gasteiger partial charge in [-0.25, -0.2) is 9.07 Å². The van der Waals surface area contributed by atoms with Crippen molar-refractivity contribution < 1.29 is 13.9 Å². The van der Waals surface area contributed by atoms with Crippen LogP contribution in [0, 0.1) is 5.82 Å². The first kappa shape index (κ1) is 21.2. The average molecular weight is 430 g/mol. The van der Waals surface area contributed by atoms with Gasteiger partial charge in [0, 0.05) is 11.3 Å². The predicted octanol–water partition coefficient (Wildman–Crippen LogP) is 5.04. The molecule has 6 nitrogen and oxygen atoms in total. The van der Waals surface area contributed by atoms with Gasteiger partial charge in [-0.2, -0.15) is 4.98 Å². The Labute approximate surface area is 185 Å². The molecule has 0 bridgehead atoms. The molecule has 1 amide bonds. The van der Waals surface area contributed by atoms with Crippen molar-refractivity contribution in [1.29, 1.82) is 0 Å². The highest BCUT2D eigenvalue weighted by Gasteiger charge is 2.16. The summed E-state index contributed by atoms with van der Waals surface area (Å²) in [6.45, 7) is 3.77. The maximum atomic E-state index is 13.8. The molecule has 0 atom stereocenters. The maximum Gasteiger partial charge on any atom is 0.336 e. The van der Waals surface area contributed by atoms with E-state index in [9.17, 15) is 9.18 Å². The Kier molecular flexibility index (Phi) is 6.26. The molecule has 0 spiro atoms. The third-order valence-electron chi connectivity index (χ3n) is 4.61. The molecule has 0 radical (unpaired) electrons. The number of hydrogen-bond donors (Lipinski definition) is 1. The van der Waals surface area contributed by atoms with Crippen molar-refractivity contribution >= 4 is 11.6 Å². The minimum absolute atomic E-state index is 0.0993. The largest absolute Gasteiger partial charge is 0.460 e. The summed E-state index contributed by atoms with van der Waals surface area (Å²) in [6.07, 6.45) is 0.194. The van der Waals surface area contributed by atoms with E-state index in [4.69, 9.17) is 4.74 Å². The number of hydrogen-bond acceptors (Lipinski definition) is 4. The molecule has 3 aromatic carbocycles. The van der Waals surface area contributed by atoms with Gasteiger partial charge in [-0.05, 0) is 55.8 Å². The average Bonchev–Trinajstić information content (AvgIpc) is 3.18. The summed E-state index contributed by atoms with van der Waals surface area (Å²) in [6, 6.07) is 23.1. The summed E-state index contributed by atoms with van der Waals surface area (Å²) in [4.78, 5) is 16.8. The first-order valence-electron chi connectivity index (χ1n) is 10.3. The van der Waals surface area contributed by atoms with Gasteiger partial charge in [0.15, 0.2) is 5.82 Å². The molecule has 0 unspecified atom stereocenters. The molecule has 0 saturated heterocycles. The zero-order valence-electron chi connectivity index (χ0n) is 17.8. The highest BCUT2D eigenvalue weighted by molar-refractivity contribution is 5.92. The Bertz CT molecular complexity index is 1200. The van der Waals surface area contributed by atoms with Crippen molar-refractivity contribution in [1.82, 2.24) is 14.8 Å². The Morgan fingerprint density at radius 1 is 1.03 bits per heavy atom. The maximum absolute atomic E-state index is 13.8. The van der Waals surface area contributed by atoms with Crippen LogP contribution in [-0.4, -0.2) is 26.8 Å². The number of amides is 1. The molecule has 1 heterocycles. The lowest BCUT2D eigenvalue weighted by Gasteiger charge is -2.09. The van der Waals surface area contributed by atoms with Gasteiger partial charge in [0.2, 0.25) is 5.91 Å². The first-order chi connectivity index (χ1) is 15.5. The van der Waals surface area contributed by atoms with E-state index in [1.54, 1.807) is 28.9 Å². The summed E-state index contributed by atoms with van der Waals surface area (Å²) < 4.78 is 21.1. The standard InChI is InChI=1S/C25H23FN4O2/c1-17(2)32-25-28-24(19-9-6-10-20(26)16-19)30(29-25)22-13-11-21(12-14-22)27-23(31)15-18-7-4-3-5-8-18/h3-14,16-17H,15H2,1-2H3,(H,27,31). The molecule has 4 rings (SSSR count). The number of anilines is 1. The van der Waals surface area contributed by atoms with Crippen molar-refractivity contribution in [3.05, 3.63) is 90.2 Å². The second kappa shape index (κ2) is 9.43. The fourth-order valence-electron chi connectivity index (χ4n) is 3.22. The third-order valence-corrected chi connectivity index (χ3v) is 4.61. The summed E-state index contributed by atoms with van der Waals surface area (Å²) in [5.74, 6) is -0.00126. The number of aromatic nitrogens is 3. The van der Waals surface area contributed by atoms with Crippen LogP contribution < -0.4 is 10.1 Å². The molecular formula is C25H23FN4O2. The van der Waals surface area contributed by atoms with Crippen LogP contribution in [0.25, 0.3) is 17.1 Å². The Morgan fingerprint density at radius 3 is 2.47 bits per heavy atom. The van der Waals surface area contributed by atoms with E-state index in [2.05, 4.69) is 15.4 Å². The van der Waals surface area contributed by atoms with E-state index >= 15 is 0 Å². The first-order valence-corrected chi connectivity index (χ1v) is 10.3. The van der Waals surface area contributed by atoms with Crippen molar-refractivity contribution in [2.45, 2.75) is 26.4 Å². The van der Waals surface area contributed by atoms with Gasteiger partial charge in [-0.15, -0.1) is 5.10 Å². The van der Waals surface area contributed by atoms with Crippen molar-refractivity contribution in [3.8, 4) is 23.1 Å². The second-order valence-electron chi connectivity index (χ2n) is 7.56. The van der Waals surface area contributed by atoms with Crippen LogP contribution in [0.3, 0.4) is 0 Å². The monoisotopic (exact) mass is 430 g/mol. The van der Waals surface area contributed by atoms with Crippen molar-refractivity contribution in [3.63, 3.8) is 0 Å².